The fourth-order valence-corrected chi connectivity index (χ4v) is 6.01. The molecule has 2 saturated heterocycles. The summed E-state index contributed by atoms with van der Waals surface area (Å²) in [6.45, 7) is 7.24. The molecule has 166 valence electrons. The van der Waals surface area contributed by atoms with Crippen molar-refractivity contribution in [2.24, 2.45) is 0 Å². The van der Waals surface area contributed by atoms with E-state index in [0.29, 0.717) is 34.2 Å². The number of nitrogens with one attached hydrogen (secondary N) is 1. The van der Waals surface area contributed by atoms with E-state index in [-0.39, 0.29) is 11.3 Å². The van der Waals surface area contributed by atoms with Crippen LogP contribution in [0, 0.1) is 6.92 Å². The summed E-state index contributed by atoms with van der Waals surface area (Å²) < 4.78 is 16.0. The van der Waals surface area contributed by atoms with Crippen LogP contribution in [0.3, 0.4) is 0 Å². The second-order valence-corrected chi connectivity index (χ2v) is 10.1. The molecular weight excluding hydrogens is 422 g/mol. The Labute approximate surface area is 184 Å². The van der Waals surface area contributed by atoms with Crippen molar-refractivity contribution >= 4 is 29.3 Å². The lowest BCUT2D eigenvalue weighted by molar-refractivity contribution is -0.163. The second kappa shape index (κ2) is 7.08. The Kier molecular flexibility index (Phi) is 4.88. The quantitative estimate of drug-likeness (QED) is 0.645. The number of carbonyl (C=O) groups excluding carboxylic acids is 1. The fraction of sp³-hybridized carbons (Fsp3) is 0.476. The molecule has 4 rings (SSSR count). The number of β-lactam (4-membered cyclic amide) rings is 1. The number of carboxylic acid groups (broad SMARTS) is 1. The minimum atomic E-state index is -1.02. The van der Waals surface area contributed by atoms with Crippen LogP contribution in [0.4, 0.5) is 5.69 Å². The molecule has 0 saturated carbocycles. The highest BCUT2D eigenvalue weighted by atomic mass is 32.2. The Bertz CT molecular complexity index is 1050. The number of hydrogen-bond acceptors (Lipinski definition) is 8. The number of hydrogen-bond donors (Lipinski definition) is 2. The third-order valence-corrected chi connectivity index (χ3v) is 7.67. The van der Waals surface area contributed by atoms with Gasteiger partial charge < -0.3 is 29.3 Å². The van der Waals surface area contributed by atoms with Gasteiger partial charge in [0.15, 0.2) is 5.76 Å². The van der Waals surface area contributed by atoms with Crippen LogP contribution >= 0.6 is 11.8 Å². The summed E-state index contributed by atoms with van der Waals surface area (Å²) in [6.07, 6.45) is 0. The number of amides is 1. The van der Waals surface area contributed by atoms with Crippen molar-refractivity contribution in [2.75, 3.05) is 19.5 Å². The number of carbonyl (C=O) groups is 2. The summed E-state index contributed by atoms with van der Waals surface area (Å²) in [7, 11) is 3.10. The zero-order valence-corrected chi connectivity index (χ0v) is 19.0. The minimum absolute atomic E-state index is 0.276. The summed E-state index contributed by atoms with van der Waals surface area (Å²) in [4.78, 5) is 26.5. The first kappa shape index (κ1) is 21.4. The first-order valence-corrected chi connectivity index (χ1v) is 10.6. The van der Waals surface area contributed by atoms with E-state index in [1.54, 1.807) is 46.3 Å². The molecular formula is C21H25N3O6S. The summed E-state index contributed by atoms with van der Waals surface area (Å²) in [5, 5.41) is 16.8. The lowest BCUT2D eigenvalue weighted by atomic mass is 9.85. The molecule has 2 fully saturated rings. The van der Waals surface area contributed by atoms with Gasteiger partial charge >= 0.3 is 5.97 Å². The van der Waals surface area contributed by atoms with E-state index >= 15 is 0 Å². The van der Waals surface area contributed by atoms with Gasteiger partial charge in [-0.15, -0.1) is 11.8 Å². The van der Waals surface area contributed by atoms with Gasteiger partial charge in [-0.3, -0.25) is 4.79 Å². The number of nitrogens with zero attached hydrogens (tertiary/aromatic N) is 2. The van der Waals surface area contributed by atoms with E-state index in [1.807, 2.05) is 13.8 Å². The number of thioether (sulfide) groups is 1. The zero-order chi connectivity index (χ0) is 22.7. The summed E-state index contributed by atoms with van der Waals surface area (Å²) in [5.41, 5.74) is 0.653. The van der Waals surface area contributed by atoms with Gasteiger partial charge in [-0.2, -0.15) is 0 Å². The van der Waals surface area contributed by atoms with Crippen molar-refractivity contribution in [2.45, 2.75) is 49.4 Å². The molecule has 1 aromatic heterocycles. The van der Waals surface area contributed by atoms with Crippen LogP contribution in [-0.2, 0) is 9.59 Å². The number of anilines is 1. The molecule has 2 aliphatic heterocycles. The molecule has 0 spiro atoms. The van der Waals surface area contributed by atoms with Gasteiger partial charge in [0.05, 0.1) is 14.2 Å². The van der Waals surface area contributed by atoms with Gasteiger partial charge in [0.2, 0.25) is 0 Å². The molecule has 9 nitrogen and oxygen atoms in total. The Hall–Kier alpha value is -2.88. The summed E-state index contributed by atoms with van der Waals surface area (Å²) in [6, 6.07) is 4.48. The number of carboxylic acids is 1. The average Bonchev–Trinajstić information content (AvgIpc) is 3.22. The molecule has 0 bridgehead atoms. The molecule has 1 amide bonds. The maximum atomic E-state index is 13.2. The maximum Gasteiger partial charge on any atom is 0.327 e. The van der Waals surface area contributed by atoms with Crippen molar-refractivity contribution in [1.29, 1.82) is 0 Å². The monoisotopic (exact) mass is 447 g/mol. The molecule has 3 atom stereocenters. The van der Waals surface area contributed by atoms with Gasteiger partial charge in [-0.05, 0) is 39.8 Å². The molecule has 2 aliphatic rings. The predicted octanol–water partition coefficient (Wildman–Crippen LogP) is 2.98. The normalized spacial score (nSPS) is 26.3. The smallest absolute Gasteiger partial charge is 0.327 e. The Balaban J connectivity index is 1.75. The van der Waals surface area contributed by atoms with Gasteiger partial charge in [0.25, 0.3) is 5.91 Å². The van der Waals surface area contributed by atoms with E-state index in [9.17, 15) is 14.7 Å². The molecule has 1 aromatic carbocycles. The van der Waals surface area contributed by atoms with Crippen molar-refractivity contribution in [3.63, 3.8) is 0 Å². The first-order chi connectivity index (χ1) is 14.6. The van der Waals surface area contributed by atoms with Crippen LogP contribution in [0.2, 0.25) is 0 Å². The number of benzene rings is 1. The Morgan fingerprint density at radius 2 is 1.87 bits per heavy atom. The van der Waals surface area contributed by atoms with Crippen molar-refractivity contribution < 1.29 is 28.7 Å². The number of aryl methyl sites for hydroxylation is 1. The summed E-state index contributed by atoms with van der Waals surface area (Å²) >= 11 is 1.47. The summed E-state index contributed by atoms with van der Waals surface area (Å²) in [5.74, 6) is 0.175. The number of methoxy groups -OCH3 is 2. The van der Waals surface area contributed by atoms with E-state index in [1.165, 1.54) is 16.7 Å². The average molecular weight is 448 g/mol. The Morgan fingerprint density at radius 3 is 2.42 bits per heavy atom. The van der Waals surface area contributed by atoms with Crippen LogP contribution in [-0.4, -0.2) is 63.0 Å². The van der Waals surface area contributed by atoms with Gasteiger partial charge in [-0.25, -0.2) is 4.79 Å². The van der Waals surface area contributed by atoms with Gasteiger partial charge in [0.1, 0.15) is 45.4 Å². The number of ether oxygens (including phenoxy) is 2. The van der Waals surface area contributed by atoms with Crippen molar-refractivity contribution in [3.8, 4) is 22.8 Å². The van der Waals surface area contributed by atoms with E-state index in [2.05, 4.69) is 10.5 Å². The fourth-order valence-electron chi connectivity index (χ4n) is 4.36. The Morgan fingerprint density at radius 1 is 1.26 bits per heavy atom. The molecule has 0 radical (unpaired) electrons. The third kappa shape index (κ3) is 2.95. The van der Waals surface area contributed by atoms with Crippen LogP contribution in [0.1, 0.15) is 26.5 Å². The molecule has 3 heterocycles. The highest BCUT2D eigenvalue weighted by molar-refractivity contribution is 8.01. The largest absolute Gasteiger partial charge is 0.496 e. The van der Waals surface area contributed by atoms with Crippen LogP contribution in [0.25, 0.3) is 11.3 Å². The second-order valence-electron chi connectivity index (χ2n) is 8.36. The lowest BCUT2D eigenvalue weighted by Crippen LogP contribution is -2.75. The lowest BCUT2D eigenvalue weighted by Gasteiger charge is -2.51. The van der Waals surface area contributed by atoms with E-state index in [4.69, 9.17) is 14.0 Å². The number of rotatable bonds is 6. The number of aromatic nitrogens is 1. The number of fused-ring (bicyclic) bond motifs is 1. The highest BCUT2D eigenvalue weighted by Crippen LogP contribution is 2.56. The predicted molar refractivity (Wildman–Crippen MR) is 116 cm³/mol. The van der Waals surface area contributed by atoms with Crippen LogP contribution in [0.5, 0.6) is 11.5 Å². The zero-order valence-electron chi connectivity index (χ0n) is 18.2. The molecule has 10 heteroatoms. The van der Waals surface area contributed by atoms with E-state index in [0.717, 1.165) is 0 Å². The third-order valence-electron chi connectivity index (χ3n) is 5.91. The van der Waals surface area contributed by atoms with E-state index < -0.39 is 22.3 Å². The maximum absolute atomic E-state index is 13.2. The molecule has 2 aromatic rings. The van der Waals surface area contributed by atoms with Crippen molar-refractivity contribution in [3.05, 3.63) is 23.9 Å². The molecule has 1 unspecified atom stereocenters. The van der Waals surface area contributed by atoms with Crippen molar-refractivity contribution in [1.82, 2.24) is 10.1 Å². The first-order valence-electron chi connectivity index (χ1n) is 9.76. The minimum Gasteiger partial charge on any atom is -0.496 e. The standard InChI is InChI=1S/C21H25N3O6S/c1-10-14(15(30-23-10)13-11(28-5)8-7-9-12(13)29-6)22-21(4)18(27)24-16(17(25)26)20(2,3)31-19(21)24/h7-9,16,19,22H,1-6H3,(H,25,26)/t16-,19+,21?/m0/s1. The number of aliphatic carboxylic acids is 1. The molecule has 2 N–H and O–H groups in total. The van der Waals surface area contributed by atoms with Gasteiger partial charge in [0, 0.05) is 4.75 Å². The molecule has 0 aliphatic carbocycles. The SMILES string of the molecule is COc1cccc(OC)c1-c1onc(C)c1NC1(C)C(=O)N2[C@@H](C(=O)O)C(C)(C)S[C@@H]21. The topological polar surface area (TPSA) is 114 Å². The van der Waals surface area contributed by atoms with Crippen LogP contribution < -0.4 is 14.8 Å². The molecule has 31 heavy (non-hydrogen) atoms. The van der Waals surface area contributed by atoms with Gasteiger partial charge in [-0.1, -0.05) is 11.2 Å². The van der Waals surface area contributed by atoms with Crippen LogP contribution in [0.15, 0.2) is 22.7 Å². The highest BCUT2D eigenvalue weighted by Gasteiger charge is 2.69.